The number of rotatable bonds is 4. The molecule has 0 radical (unpaired) electrons. The van der Waals surface area contributed by atoms with Crippen molar-refractivity contribution in [3.8, 4) is 0 Å². The SMILES string of the molecule is CN(CCC(F)(F)CC(C)(C)C)C(C)(C)C. The molecule has 0 aliphatic carbocycles. The van der Waals surface area contributed by atoms with Gasteiger partial charge in [0.05, 0.1) is 0 Å². The molecule has 0 unspecified atom stereocenters. The highest BCUT2D eigenvalue weighted by molar-refractivity contribution is 4.79. The maximum absolute atomic E-state index is 13.6. The van der Waals surface area contributed by atoms with Gasteiger partial charge < -0.3 is 4.90 Å². The Morgan fingerprint density at radius 2 is 1.38 bits per heavy atom. The molecule has 16 heavy (non-hydrogen) atoms. The average molecular weight is 235 g/mol. The Labute approximate surface area is 99.2 Å². The van der Waals surface area contributed by atoms with Crippen LogP contribution in [0.4, 0.5) is 8.78 Å². The molecule has 0 heterocycles. The molecule has 0 saturated carbocycles. The molecule has 0 bridgehead atoms. The van der Waals surface area contributed by atoms with E-state index >= 15 is 0 Å². The third-order valence-electron chi connectivity index (χ3n) is 2.75. The number of halogens is 2. The van der Waals surface area contributed by atoms with Crippen molar-refractivity contribution in [1.29, 1.82) is 0 Å². The second kappa shape index (κ2) is 4.99. The molecule has 98 valence electrons. The van der Waals surface area contributed by atoms with Gasteiger partial charge in [0, 0.05) is 24.9 Å². The van der Waals surface area contributed by atoms with E-state index in [1.54, 1.807) is 0 Å². The molecule has 1 nitrogen and oxygen atoms in total. The van der Waals surface area contributed by atoms with E-state index in [9.17, 15) is 8.78 Å². The fourth-order valence-electron chi connectivity index (χ4n) is 1.53. The summed E-state index contributed by atoms with van der Waals surface area (Å²) in [7, 11) is 1.90. The lowest BCUT2D eigenvalue weighted by Crippen LogP contribution is -2.41. The minimum Gasteiger partial charge on any atom is -0.301 e. The first-order chi connectivity index (χ1) is 6.83. The molecule has 0 aliphatic heterocycles. The fourth-order valence-corrected chi connectivity index (χ4v) is 1.53. The molecule has 0 aliphatic rings. The van der Waals surface area contributed by atoms with Gasteiger partial charge in [0.15, 0.2) is 0 Å². The van der Waals surface area contributed by atoms with Crippen molar-refractivity contribution in [2.45, 2.75) is 65.8 Å². The highest BCUT2D eigenvalue weighted by Crippen LogP contribution is 2.34. The van der Waals surface area contributed by atoms with Crippen molar-refractivity contribution in [3.05, 3.63) is 0 Å². The van der Waals surface area contributed by atoms with Crippen LogP contribution in [0, 0.1) is 5.41 Å². The molecule has 0 spiro atoms. The van der Waals surface area contributed by atoms with Crippen LogP contribution in [0.3, 0.4) is 0 Å². The molecule has 0 N–H and O–H groups in total. The first-order valence-electron chi connectivity index (χ1n) is 5.93. The molecular weight excluding hydrogens is 208 g/mol. The van der Waals surface area contributed by atoms with Crippen molar-refractivity contribution in [2.75, 3.05) is 13.6 Å². The summed E-state index contributed by atoms with van der Waals surface area (Å²) in [6.07, 6.45) is -0.101. The van der Waals surface area contributed by atoms with E-state index in [1.165, 1.54) is 0 Å². The molecule has 0 amide bonds. The Hall–Kier alpha value is -0.180. The third-order valence-corrected chi connectivity index (χ3v) is 2.75. The summed E-state index contributed by atoms with van der Waals surface area (Å²) in [5, 5.41) is 0. The van der Waals surface area contributed by atoms with Crippen LogP contribution in [0.25, 0.3) is 0 Å². The molecular formula is C13H27F2N. The van der Waals surface area contributed by atoms with Gasteiger partial charge in [0.2, 0.25) is 5.92 Å². The van der Waals surface area contributed by atoms with Crippen LogP contribution in [0.15, 0.2) is 0 Å². The Kier molecular flexibility index (Phi) is 4.93. The van der Waals surface area contributed by atoms with Crippen LogP contribution in [0.5, 0.6) is 0 Å². The molecule has 0 fully saturated rings. The predicted molar refractivity (Wildman–Crippen MR) is 66.0 cm³/mol. The maximum Gasteiger partial charge on any atom is 0.249 e. The number of nitrogens with zero attached hydrogens (tertiary/aromatic N) is 1. The molecule has 0 saturated heterocycles. The Balaban J connectivity index is 4.19. The zero-order valence-corrected chi connectivity index (χ0v) is 11.8. The van der Waals surface area contributed by atoms with E-state index in [1.807, 2.05) is 53.5 Å². The third kappa shape index (κ3) is 7.15. The van der Waals surface area contributed by atoms with Crippen molar-refractivity contribution in [1.82, 2.24) is 4.90 Å². The van der Waals surface area contributed by atoms with Crippen molar-refractivity contribution < 1.29 is 8.78 Å². The molecule has 0 aromatic heterocycles. The van der Waals surface area contributed by atoms with Crippen LogP contribution < -0.4 is 0 Å². The minimum absolute atomic E-state index is 0.0437. The molecule has 0 aromatic rings. The lowest BCUT2D eigenvalue weighted by molar-refractivity contribution is -0.0519. The Bertz CT molecular complexity index is 211. The van der Waals surface area contributed by atoms with Gasteiger partial charge in [-0.2, -0.15) is 0 Å². The first kappa shape index (κ1) is 15.8. The van der Waals surface area contributed by atoms with E-state index in [-0.39, 0.29) is 23.8 Å². The topological polar surface area (TPSA) is 3.24 Å². The van der Waals surface area contributed by atoms with Gasteiger partial charge in [-0.15, -0.1) is 0 Å². The number of alkyl halides is 2. The molecule has 0 rings (SSSR count). The quantitative estimate of drug-likeness (QED) is 0.706. The van der Waals surface area contributed by atoms with E-state index < -0.39 is 5.92 Å². The van der Waals surface area contributed by atoms with Crippen LogP contribution in [-0.4, -0.2) is 30.0 Å². The second-order valence-corrected chi connectivity index (χ2v) is 6.94. The monoisotopic (exact) mass is 235 g/mol. The summed E-state index contributed by atoms with van der Waals surface area (Å²) in [5.41, 5.74) is -0.360. The van der Waals surface area contributed by atoms with Crippen molar-refractivity contribution in [3.63, 3.8) is 0 Å². The summed E-state index contributed by atoms with van der Waals surface area (Å²) < 4.78 is 27.3. The largest absolute Gasteiger partial charge is 0.301 e. The average Bonchev–Trinajstić information content (AvgIpc) is 1.93. The van der Waals surface area contributed by atoms with Crippen molar-refractivity contribution in [2.24, 2.45) is 5.41 Å². The predicted octanol–water partition coefficient (Wildman–Crippen LogP) is 4.18. The van der Waals surface area contributed by atoms with Crippen LogP contribution in [0.1, 0.15) is 54.4 Å². The first-order valence-corrected chi connectivity index (χ1v) is 5.93. The normalized spacial score (nSPS) is 14.6. The number of hydrogen-bond donors (Lipinski definition) is 0. The minimum atomic E-state index is -2.56. The van der Waals surface area contributed by atoms with Gasteiger partial charge in [0.25, 0.3) is 0 Å². The summed E-state index contributed by atoms with van der Waals surface area (Å²) in [6.45, 7) is 12.1. The summed E-state index contributed by atoms with van der Waals surface area (Å²) in [4.78, 5) is 1.98. The maximum atomic E-state index is 13.6. The molecule has 3 heteroatoms. The Morgan fingerprint density at radius 1 is 0.938 bits per heavy atom. The lowest BCUT2D eigenvalue weighted by Gasteiger charge is -2.34. The zero-order chi connectivity index (χ0) is 13.2. The van der Waals surface area contributed by atoms with Crippen molar-refractivity contribution >= 4 is 0 Å². The highest BCUT2D eigenvalue weighted by atomic mass is 19.3. The van der Waals surface area contributed by atoms with Gasteiger partial charge >= 0.3 is 0 Å². The molecule has 0 atom stereocenters. The van der Waals surface area contributed by atoms with Crippen LogP contribution in [-0.2, 0) is 0 Å². The number of hydrogen-bond acceptors (Lipinski definition) is 1. The van der Waals surface area contributed by atoms with E-state index in [4.69, 9.17) is 0 Å². The van der Waals surface area contributed by atoms with Gasteiger partial charge in [-0.25, -0.2) is 8.78 Å². The Morgan fingerprint density at radius 3 is 1.69 bits per heavy atom. The van der Waals surface area contributed by atoms with E-state index in [2.05, 4.69) is 0 Å². The van der Waals surface area contributed by atoms with Crippen LogP contribution >= 0.6 is 0 Å². The zero-order valence-electron chi connectivity index (χ0n) is 11.8. The fraction of sp³-hybridized carbons (Fsp3) is 1.00. The van der Waals surface area contributed by atoms with Gasteiger partial charge in [-0.3, -0.25) is 0 Å². The lowest BCUT2D eigenvalue weighted by atomic mass is 9.87. The summed E-state index contributed by atoms with van der Waals surface area (Å²) in [6, 6.07) is 0. The van der Waals surface area contributed by atoms with E-state index in [0.29, 0.717) is 6.54 Å². The molecule has 0 aromatic carbocycles. The van der Waals surface area contributed by atoms with Gasteiger partial charge in [-0.1, -0.05) is 20.8 Å². The highest BCUT2D eigenvalue weighted by Gasteiger charge is 2.34. The van der Waals surface area contributed by atoms with Gasteiger partial charge in [-0.05, 0) is 33.2 Å². The summed E-state index contributed by atoms with van der Waals surface area (Å²) in [5.74, 6) is -2.56. The standard InChI is InChI=1S/C13H27F2N/c1-11(2,3)10-13(14,15)8-9-16(7)12(4,5)6/h8-10H2,1-7H3. The van der Waals surface area contributed by atoms with Crippen LogP contribution in [0.2, 0.25) is 0 Å². The second-order valence-electron chi connectivity index (χ2n) is 6.94. The van der Waals surface area contributed by atoms with E-state index in [0.717, 1.165) is 0 Å². The van der Waals surface area contributed by atoms with Gasteiger partial charge in [0.1, 0.15) is 0 Å². The smallest absolute Gasteiger partial charge is 0.249 e. The summed E-state index contributed by atoms with van der Waals surface area (Å²) >= 11 is 0.